The molecule has 0 aliphatic rings. The lowest BCUT2D eigenvalue weighted by Gasteiger charge is -2.02. The molecule has 0 amide bonds. The van der Waals surface area contributed by atoms with Crippen LogP contribution in [-0.4, -0.2) is 16.4 Å². The summed E-state index contributed by atoms with van der Waals surface area (Å²) < 4.78 is 0. The Bertz CT molecular complexity index is 612. The Hall–Kier alpha value is -1.71. The fourth-order valence-electron chi connectivity index (χ4n) is 1.40. The highest BCUT2D eigenvalue weighted by Crippen LogP contribution is 2.31. The average Bonchev–Trinajstić information content (AvgIpc) is 2.33. The molecule has 0 fully saturated rings. The summed E-state index contributed by atoms with van der Waals surface area (Å²) in [5.41, 5.74) is 0.781. The Labute approximate surface area is 114 Å². The molecule has 0 atom stereocenters. The standard InChI is InChI=1S/C13H9Cl2NO2/c14-9-5-8(13(18)10(15)6-9)7-16-11-3-1-2-4-12(11)17/h1-7,17-18H/b16-7+. The minimum absolute atomic E-state index is 0.0568. The highest BCUT2D eigenvalue weighted by molar-refractivity contribution is 6.36. The number of nitrogens with zero attached hydrogens (tertiary/aromatic N) is 1. The summed E-state index contributed by atoms with van der Waals surface area (Å²) in [5, 5.41) is 19.8. The number of hydrogen-bond acceptors (Lipinski definition) is 3. The van der Waals surface area contributed by atoms with Crippen LogP contribution in [0.1, 0.15) is 5.56 Å². The predicted molar refractivity (Wildman–Crippen MR) is 73.5 cm³/mol. The Morgan fingerprint density at radius 1 is 1.06 bits per heavy atom. The number of rotatable bonds is 2. The van der Waals surface area contributed by atoms with Gasteiger partial charge in [0, 0.05) is 16.8 Å². The first-order chi connectivity index (χ1) is 8.58. The van der Waals surface area contributed by atoms with Crippen LogP contribution in [0, 0.1) is 0 Å². The fourth-order valence-corrected chi connectivity index (χ4v) is 1.91. The highest BCUT2D eigenvalue weighted by atomic mass is 35.5. The second-order valence-corrected chi connectivity index (χ2v) is 4.42. The van der Waals surface area contributed by atoms with Gasteiger partial charge in [-0.1, -0.05) is 35.3 Å². The topological polar surface area (TPSA) is 52.8 Å². The monoisotopic (exact) mass is 281 g/mol. The highest BCUT2D eigenvalue weighted by Gasteiger charge is 2.06. The lowest BCUT2D eigenvalue weighted by atomic mass is 10.2. The van der Waals surface area contributed by atoms with Gasteiger partial charge < -0.3 is 10.2 Å². The van der Waals surface area contributed by atoms with Crippen LogP contribution >= 0.6 is 23.2 Å². The molecule has 2 N–H and O–H groups in total. The van der Waals surface area contributed by atoms with Crippen molar-refractivity contribution < 1.29 is 10.2 Å². The molecule has 0 aromatic heterocycles. The Morgan fingerprint density at radius 2 is 1.78 bits per heavy atom. The van der Waals surface area contributed by atoms with Crippen LogP contribution in [0.15, 0.2) is 41.4 Å². The van der Waals surface area contributed by atoms with E-state index in [1.54, 1.807) is 18.2 Å². The molecule has 0 spiro atoms. The normalized spacial score (nSPS) is 11.0. The largest absolute Gasteiger partial charge is 0.506 e. The summed E-state index contributed by atoms with van der Waals surface area (Å²) in [6.07, 6.45) is 1.39. The molecular weight excluding hydrogens is 273 g/mol. The van der Waals surface area contributed by atoms with Crippen LogP contribution in [0.25, 0.3) is 0 Å². The van der Waals surface area contributed by atoms with Crippen molar-refractivity contribution in [2.75, 3.05) is 0 Å². The van der Waals surface area contributed by atoms with Crippen LogP contribution in [-0.2, 0) is 0 Å². The number of aromatic hydroxyl groups is 2. The third-order valence-electron chi connectivity index (χ3n) is 2.28. The number of phenolic OH excluding ortho intramolecular Hbond substituents is 2. The van der Waals surface area contributed by atoms with Gasteiger partial charge in [-0.15, -0.1) is 0 Å². The minimum atomic E-state index is -0.0970. The molecule has 0 radical (unpaired) electrons. The second-order valence-electron chi connectivity index (χ2n) is 3.57. The second kappa shape index (κ2) is 5.29. The van der Waals surface area contributed by atoms with E-state index in [4.69, 9.17) is 23.2 Å². The van der Waals surface area contributed by atoms with Crippen molar-refractivity contribution in [2.45, 2.75) is 0 Å². The van der Waals surface area contributed by atoms with E-state index >= 15 is 0 Å². The fraction of sp³-hybridized carbons (Fsp3) is 0. The van der Waals surface area contributed by atoms with E-state index in [0.717, 1.165) is 0 Å². The van der Waals surface area contributed by atoms with Crippen molar-refractivity contribution in [3.05, 3.63) is 52.0 Å². The predicted octanol–water partition coefficient (Wildman–Crippen LogP) is 4.16. The number of hydrogen-bond donors (Lipinski definition) is 2. The molecule has 0 saturated carbocycles. The Kier molecular flexibility index (Phi) is 3.75. The summed E-state index contributed by atoms with van der Waals surface area (Å²) in [4.78, 5) is 4.07. The summed E-state index contributed by atoms with van der Waals surface area (Å²) in [6, 6.07) is 9.59. The van der Waals surface area contributed by atoms with E-state index in [2.05, 4.69) is 4.99 Å². The van der Waals surface area contributed by atoms with Gasteiger partial charge in [-0.05, 0) is 24.3 Å². The summed E-state index contributed by atoms with van der Waals surface area (Å²) in [5.74, 6) is -0.0402. The molecule has 2 aromatic rings. The van der Waals surface area contributed by atoms with E-state index in [1.165, 1.54) is 24.4 Å². The van der Waals surface area contributed by atoms with E-state index in [0.29, 0.717) is 16.3 Å². The van der Waals surface area contributed by atoms with Crippen molar-refractivity contribution in [2.24, 2.45) is 4.99 Å². The van der Waals surface area contributed by atoms with E-state index in [-0.39, 0.29) is 16.5 Å². The average molecular weight is 282 g/mol. The van der Waals surface area contributed by atoms with Gasteiger partial charge in [0.2, 0.25) is 0 Å². The van der Waals surface area contributed by atoms with E-state index in [1.807, 2.05) is 0 Å². The maximum Gasteiger partial charge on any atom is 0.143 e. The number of aliphatic imine (C=N–C) groups is 1. The summed E-state index contributed by atoms with van der Waals surface area (Å²) in [6.45, 7) is 0. The van der Waals surface area contributed by atoms with Gasteiger partial charge in [0.05, 0.1) is 5.02 Å². The van der Waals surface area contributed by atoms with Gasteiger partial charge in [0.15, 0.2) is 0 Å². The van der Waals surface area contributed by atoms with E-state index < -0.39 is 0 Å². The van der Waals surface area contributed by atoms with Crippen molar-refractivity contribution in [1.82, 2.24) is 0 Å². The maximum absolute atomic E-state index is 9.72. The van der Waals surface area contributed by atoms with Crippen molar-refractivity contribution in [1.29, 1.82) is 0 Å². The van der Waals surface area contributed by atoms with Crippen LogP contribution in [0.2, 0.25) is 10.0 Å². The van der Waals surface area contributed by atoms with Crippen LogP contribution in [0.3, 0.4) is 0 Å². The van der Waals surface area contributed by atoms with Gasteiger partial charge in [-0.3, -0.25) is 4.99 Å². The number of para-hydroxylation sites is 2. The molecule has 0 saturated heterocycles. The Balaban J connectivity index is 2.38. The minimum Gasteiger partial charge on any atom is -0.506 e. The van der Waals surface area contributed by atoms with Crippen LogP contribution < -0.4 is 0 Å². The zero-order valence-electron chi connectivity index (χ0n) is 9.14. The molecule has 0 bridgehead atoms. The molecular formula is C13H9Cl2NO2. The molecule has 0 aliphatic heterocycles. The zero-order valence-corrected chi connectivity index (χ0v) is 10.7. The molecule has 92 valence electrons. The first-order valence-electron chi connectivity index (χ1n) is 5.08. The number of benzene rings is 2. The third kappa shape index (κ3) is 2.75. The van der Waals surface area contributed by atoms with Crippen molar-refractivity contribution in [3.63, 3.8) is 0 Å². The third-order valence-corrected chi connectivity index (χ3v) is 2.79. The lowest BCUT2D eigenvalue weighted by molar-refractivity contribution is 0.474. The molecule has 5 heteroatoms. The molecule has 0 aliphatic carbocycles. The first-order valence-corrected chi connectivity index (χ1v) is 5.83. The van der Waals surface area contributed by atoms with Gasteiger partial charge in [-0.25, -0.2) is 0 Å². The zero-order chi connectivity index (χ0) is 13.1. The molecule has 18 heavy (non-hydrogen) atoms. The maximum atomic E-state index is 9.72. The van der Waals surface area contributed by atoms with Crippen molar-refractivity contribution in [3.8, 4) is 11.5 Å². The number of phenols is 2. The molecule has 0 heterocycles. The van der Waals surface area contributed by atoms with Gasteiger partial charge in [0.25, 0.3) is 0 Å². The van der Waals surface area contributed by atoms with Gasteiger partial charge in [0.1, 0.15) is 17.2 Å². The summed E-state index contributed by atoms with van der Waals surface area (Å²) in [7, 11) is 0. The van der Waals surface area contributed by atoms with Crippen LogP contribution in [0.5, 0.6) is 11.5 Å². The van der Waals surface area contributed by atoms with Crippen molar-refractivity contribution >= 4 is 35.1 Å². The molecule has 0 unspecified atom stereocenters. The Morgan fingerprint density at radius 3 is 2.50 bits per heavy atom. The molecule has 2 aromatic carbocycles. The quantitative estimate of drug-likeness (QED) is 0.813. The SMILES string of the molecule is Oc1ccccc1/N=C/c1cc(Cl)cc(Cl)c1O. The summed E-state index contributed by atoms with van der Waals surface area (Å²) >= 11 is 11.6. The van der Waals surface area contributed by atoms with Gasteiger partial charge >= 0.3 is 0 Å². The van der Waals surface area contributed by atoms with Crippen LogP contribution in [0.4, 0.5) is 5.69 Å². The first kappa shape index (κ1) is 12.7. The smallest absolute Gasteiger partial charge is 0.143 e. The number of halogens is 2. The molecule has 2 rings (SSSR count). The van der Waals surface area contributed by atoms with E-state index in [9.17, 15) is 10.2 Å². The molecule has 3 nitrogen and oxygen atoms in total. The van der Waals surface area contributed by atoms with Gasteiger partial charge in [-0.2, -0.15) is 0 Å². The lowest BCUT2D eigenvalue weighted by Crippen LogP contribution is -1.84.